The maximum Gasteiger partial charge on any atom is 0.161 e. The van der Waals surface area contributed by atoms with Crippen molar-refractivity contribution in [2.45, 2.75) is 44.2 Å². The van der Waals surface area contributed by atoms with E-state index in [9.17, 15) is 0 Å². The Labute approximate surface area is 114 Å². The smallest absolute Gasteiger partial charge is 0.161 e. The second kappa shape index (κ2) is 6.44. The fourth-order valence-corrected chi connectivity index (χ4v) is 2.42. The van der Waals surface area contributed by atoms with Gasteiger partial charge in [0.1, 0.15) is 0 Å². The van der Waals surface area contributed by atoms with E-state index in [2.05, 4.69) is 6.07 Å². The highest BCUT2D eigenvalue weighted by molar-refractivity contribution is 5.44. The molecular weight excluding hydrogens is 240 g/mol. The molecule has 19 heavy (non-hydrogen) atoms. The first-order valence-corrected chi connectivity index (χ1v) is 6.71. The summed E-state index contributed by atoms with van der Waals surface area (Å²) in [5.74, 6) is 1.46. The maximum absolute atomic E-state index is 8.71. The lowest BCUT2D eigenvalue weighted by molar-refractivity contribution is 0.200. The third-order valence-corrected chi connectivity index (χ3v) is 3.52. The third kappa shape index (κ3) is 3.39. The first kappa shape index (κ1) is 13.7. The Kier molecular flexibility index (Phi) is 4.64. The molecule has 0 radical (unpaired) electrons. The Bertz CT molecular complexity index is 462. The fraction of sp³-hybridized carbons (Fsp3) is 0.533. The number of hydrogen-bond donors (Lipinski definition) is 1. The molecule has 1 aliphatic carbocycles. The molecule has 1 aromatic carbocycles. The summed E-state index contributed by atoms with van der Waals surface area (Å²) in [5, 5.41) is 8.71. The summed E-state index contributed by atoms with van der Waals surface area (Å²) < 4.78 is 11.3. The predicted molar refractivity (Wildman–Crippen MR) is 73.0 cm³/mol. The molecule has 1 unspecified atom stereocenters. The molecule has 2 rings (SSSR count). The highest BCUT2D eigenvalue weighted by Crippen LogP contribution is 2.33. The van der Waals surface area contributed by atoms with Crippen LogP contribution in [0.4, 0.5) is 0 Å². The molecular formula is C15H20N2O2. The molecule has 0 aliphatic heterocycles. The van der Waals surface area contributed by atoms with E-state index in [0.29, 0.717) is 6.42 Å². The Hall–Kier alpha value is -1.73. The molecule has 1 saturated carbocycles. The van der Waals surface area contributed by atoms with E-state index >= 15 is 0 Å². The molecule has 0 saturated heterocycles. The number of nitrogens with zero attached hydrogens (tertiary/aromatic N) is 1. The van der Waals surface area contributed by atoms with Gasteiger partial charge < -0.3 is 15.2 Å². The predicted octanol–water partition coefficient (Wildman–Crippen LogP) is 2.93. The average Bonchev–Trinajstić information content (AvgIpc) is 2.92. The molecule has 0 heterocycles. The van der Waals surface area contributed by atoms with Crippen LogP contribution in [0.25, 0.3) is 0 Å². The van der Waals surface area contributed by atoms with Gasteiger partial charge in [-0.05, 0) is 43.4 Å². The van der Waals surface area contributed by atoms with Crippen LogP contribution in [-0.4, -0.2) is 13.2 Å². The number of benzene rings is 1. The van der Waals surface area contributed by atoms with Crippen molar-refractivity contribution >= 4 is 0 Å². The lowest BCUT2D eigenvalue weighted by Gasteiger charge is -2.18. The number of nitriles is 1. The van der Waals surface area contributed by atoms with Crippen LogP contribution in [0, 0.1) is 11.3 Å². The van der Waals surface area contributed by atoms with Crippen molar-refractivity contribution in [3.8, 4) is 17.6 Å². The van der Waals surface area contributed by atoms with Crippen LogP contribution in [0.1, 0.15) is 43.7 Å². The summed E-state index contributed by atoms with van der Waals surface area (Å²) in [6.07, 6.45) is 5.21. The van der Waals surface area contributed by atoms with Crippen LogP contribution in [0.3, 0.4) is 0 Å². The van der Waals surface area contributed by atoms with Crippen molar-refractivity contribution in [2.24, 2.45) is 5.73 Å². The molecule has 1 atom stereocenters. The number of ether oxygens (including phenoxy) is 2. The van der Waals surface area contributed by atoms with E-state index in [-0.39, 0.29) is 12.1 Å². The standard InChI is InChI=1S/C15H20N2O2/c1-18-14-7-6-11(13(17)8-9-16)10-15(14)19-12-4-2-3-5-12/h6-7,10,12-13H,2-5,8,17H2,1H3. The molecule has 1 aromatic rings. The maximum atomic E-state index is 8.71. The molecule has 0 amide bonds. The van der Waals surface area contributed by atoms with Crippen molar-refractivity contribution in [1.82, 2.24) is 0 Å². The van der Waals surface area contributed by atoms with E-state index < -0.39 is 0 Å². The topological polar surface area (TPSA) is 68.3 Å². The van der Waals surface area contributed by atoms with Gasteiger partial charge >= 0.3 is 0 Å². The summed E-state index contributed by atoms with van der Waals surface area (Å²) in [6, 6.07) is 7.47. The van der Waals surface area contributed by atoms with Crippen LogP contribution in [0.5, 0.6) is 11.5 Å². The second-order valence-corrected chi connectivity index (χ2v) is 4.90. The van der Waals surface area contributed by atoms with Crippen molar-refractivity contribution in [3.63, 3.8) is 0 Å². The monoisotopic (exact) mass is 260 g/mol. The van der Waals surface area contributed by atoms with Gasteiger partial charge in [0.25, 0.3) is 0 Å². The number of hydrogen-bond acceptors (Lipinski definition) is 4. The van der Waals surface area contributed by atoms with Gasteiger partial charge in [0, 0.05) is 6.04 Å². The zero-order chi connectivity index (χ0) is 13.7. The Balaban J connectivity index is 2.18. The normalized spacial score (nSPS) is 16.9. The van der Waals surface area contributed by atoms with Crippen LogP contribution in [0.2, 0.25) is 0 Å². The summed E-state index contributed by atoms with van der Waals surface area (Å²) in [5.41, 5.74) is 6.87. The first-order valence-electron chi connectivity index (χ1n) is 6.71. The quantitative estimate of drug-likeness (QED) is 0.883. The highest BCUT2D eigenvalue weighted by atomic mass is 16.5. The zero-order valence-electron chi connectivity index (χ0n) is 11.3. The van der Waals surface area contributed by atoms with Gasteiger partial charge in [0.15, 0.2) is 11.5 Å². The van der Waals surface area contributed by atoms with Gasteiger partial charge in [-0.1, -0.05) is 6.07 Å². The second-order valence-electron chi connectivity index (χ2n) is 4.90. The van der Waals surface area contributed by atoms with E-state index in [1.165, 1.54) is 12.8 Å². The Morgan fingerprint density at radius 3 is 2.74 bits per heavy atom. The fourth-order valence-electron chi connectivity index (χ4n) is 2.42. The van der Waals surface area contributed by atoms with Gasteiger partial charge in [0.05, 0.1) is 25.7 Å². The van der Waals surface area contributed by atoms with Gasteiger partial charge in [0.2, 0.25) is 0 Å². The minimum Gasteiger partial charge on any atom is -0.493 e. The Morgan fingerprint density at radius 2 is 2.11 bits per heavy atom. The van der Waals surface area contributed by atoms with Gasteiger partial charge in [-0.3, -0.25) is 0 Å². The molecule has 0 spiro atoms. The van der Waals surface area contributed by atoms with Crippen LogP contribution in [0.15, 0.2) is 18.2 Å². The average molecular weight is 260 g/mol. The Morgan fingerprint density at radius 1 is 1.37 bits per heavy atom. The molecule has 4 heteroatoms. The van der Waals surface area contributed by atoms with Gasteiger partial charge in [-0.25, -0.2) is 0 Å². The van der Waals surface area contributed by atoms with Crippen LogP contribution >= 0.6 is 0 Å². The first-order chi connectivity index (χ1) is 9.24. The molecule has 1 aliphatic rings. The summed E-state index contributed by atoms with van der Waals surface area (Å²) in [7, 11) is 1.63. The lowest BCUT2D eigenvalue weighted by Crippen LogP contribution is -2.13. The molecule has 0 bridgehead atoms. The summed E-state index contributed by atoms with van der Waals surface area (Å²) >= 11 is 0. The zero-order valence-corrected chi connectivity index (χ0v) is 11.3. The molecule has 102 valence electrons. The summed E-state index contributed by atoms with van der Waals surface area (Å²) in [4.78, 5) is 0. The van der Waals surface area contributed by atoms with Crippen molar-refractivity contribution < 1.29 is 9.47 Å². The number of methoxy groups -OCH3 is 1. The van der Waals surface area contributed by atoms with E-state index in [1.807, 2.05) is 18.2 Å². The third-order valence-electron chi connectivity index (χ3n) is 3.52. The summed E-state index contributed by atoms with van der Waals surface area (Å²) in [6.45, 7) is 0. The van der Waals surface area contributed by atoms with Crippen molar-refractivity contribution in [2.75, 3.05) is 7.11 Å². The van der Waals surface area contributed by atoms with Crippen LogP contribution in [-0.2, 0) is 0 Å². The molecule has 2 N–H and O–H groups in total. The molecule has 0 aromatic heterocycles. The lowest BCUT2D eigenvalue weighted by atomic mass is 10.0. The number of nitrogens with two attached hydrogens (primary N) is 1. The molecule has 4 nitrogen and oxygen atoms in total. The van der Waals surface area contributed by atoms with Crippen molar-refractivity contribution in [1.29, 1.82) is 5.26 Å². The SMILES string of the molecule is COc1ccc(C(N)CC#N)cc1OC1CCCC1. The minimum atomic E-state index is -0.276. The van der Waals surface area contributed by atoms with Crippen molar-refractivity contribution in [3.05, 3.63) is 23.8 Å². The highest BCUT2D eigenvalue weighted by Gasteiger charge is 2.19. The van der Waals surface area contributed by atoms with Crippen LogP contribution < -0.4 is 15.2 Å². The largest absolute Gasteiger partial charge is 0.493 e. The van der Waals surface area contributed by atoms with E-state index in [4.69, 9.17) is 20.5 Å². The van der Waals surface area contributed by atoms with E-state index in [0.717, 1.165) is 29.9 Å². The van der Waals surface area contributed by atoms with E-state index in [1.54, 1.807) is 7.11 Å². The number of rotatable bonds is 5. The van der Waals surface area contributed by atoms with Gasteiger partial charge in [-0.15, -0.1) is 0 Å². The minimum absolute atomic E-state index is 0.274. The van der Waals surface area contributed by atoms with Gasteiger partial charge in [-0.2, -0.15) is 5.26 Å². The molecule has 1 fully saturated rings.